The molecule has 82 valence electrons. The highest BCUT2D eigenvalue weighted by molar-refractivity contribution is 5.35. The van der Waals surface area contributed by atoms with Gasteiger partial charge in [0.1, 0.15) is 5.75 Å². The fourth-order valence-electron chi connectivity index (χ4n) is 2.51. The number of aliphatic hydroxyl groups excluding tert-OH is 1. The molecule has 1 aliphatic rings. The van der Waals surface area contributed by atoms with Crippen LogP contribution in [0.4, 0.5) is 0 Å². The van der Waals surface area contributed by atoms with Crippen molar-refractivity contribution in [2.75, 3.05) is 0 Å². The first kappa shape index (κ1) is 10.5. The Bertz CT molecular complexity index is 335. The molecule has 0 radical (unpaired) electrons. The molecule has 1 aromatic carbocycles. The number of hydrogen-bond donors (Lipinski definition) is 2. The third-order valence-corrected chi connectivity index (χ3v) is 3.42. The molecule has 1 aromatic rings. The van der Waals surface area contributed by atoms with Crippen molar-refractivity contribution in [3.05, 3.63) is 29.8 Å². The Balaban J connectivity index is 2.20. The molecule has 0 saturated heterocycles. The summed E-state index contributed by atoms with van der Waals surface area (Å²) in [6.45, 7) is 2.17. The van der Waals surface area contributed by atoms with Gasteiger partial charge in [0.25, 0.3) is 0 Å². The summed E-state index contributed by atoms with van der Waals surface area (Å²) in [5.41, 5.74) is 0.900. The predicted octanol–water partition coefficient (Wildman–Crippen LogP) is 2.66. The number of aliphatic hydroxyl groups is 1. The van der Waals surface area contributed by atoms with Crippen LogP contribution in [0.3, 0.4) is 0 Å². The Hall–Kier alpha value is -1.02. The van der Waals surface area contributed by atoms with Crippen LogP contribution >= 0.6 is 0 Å². The Morgan fingerprint density at radius 3 is 2.60 bits per heavy atom. The molecule has 1 fully saturated rings. The van der Waals surface area contributed by atoms with Gasteiger partial charge in [-0.05, 0) is 36.8 Å². The van der Waals surface area contributed by atoms with Crippen LogP contribution in [-0.2, 0) is 0 Å². The maximum atomic E-state index is 10.0. The highest BCUT2D eigenvalue weighted by Gasteiger charge is 2.29. The van der Waals surface area contributed by atoms with Gasteiger partial charge >= 0.3 is 0 Å². The van der Waals surface area contributed by atoms with Gasteiger partial charge in [-0.3, -0.25) is 0 Å². The van der Waals surface area contributed by atoms with E-state index < -0.39 is 0 Å². The molecule has 2 N–H and O–H groups in total. The maximum absolute atomic E-state index is 10.0. The van der Waals surface area contributed by atoms with Crippen LogP contribution in [0.15, 0.2) is 24.3 Å². The normalized spacial score (nSPS) is 31.5. The molecule has 1 saturated carbocycles. The van der Waals surface area contributed by atoms with E-state index in [0.717, 1.165) is 24.8 Å². The number of phenolic OH excluding ortho intramolecular Hbond substituents is 1. The lowest BCUT2D eigenvalue weighted by molar-refractivity contribution is 0.0823. The van der Waals surface area contributed by atoms with Gasteiger partial charge in [-0.25, -0.2) is 0 Å². The molecular formula is C13H18O2. The lowest BCUT2D eigenvalue weighted by Gasteiger charge is -2.32. The van der Waals surface area contributed by atoms with Crippen molar-refractivity contribution >= 4 is 0 Å². The highest BCUT2D eigenvalue weighted by atomic mass is 16.3. The summed E-state index contributed by atoms with van der Waals surface area (Å²) in [7, 11) is 0. The topological polar surface area (TPSA) is 40.5 Å². The zero-order valence-corrected chi connectivity index (χ0v) is 9.06. The van der Waals surface area contributed by atoms with E-state index >= 15 is 0 Å². The number of para-hydroxylation sites is 1. The lowest BCUT2D eigenvalue weighted by atomic mass is 9.77. The first-order valence-corrected chi connectivity index (χ1v) is 5.64. The van der Waals surface area contributed by atoms with Crippen LogP contribution in [0.5, 0.6) is 5.75 Å². The Morgan fingerprint density at radius 2 is 1.93 bits per heavy atom. The Morgan fingerprint density at radius 1 is 1.20 bits per heavy atom. The van der Waals surface area contributed by atoms with E-state index in [0.29, 0.717) is 11.7 Å². The summed E-state index contributed by atoms with van der Waals surface area (Å²) in [6.07, 6.45) is 2.65. The second kappa shape index (κ2) is 4.23. The highest BCUT2D eigenvalue weighted by Crippen LogP contribution is 2.38. The number of hydrogen-bond acceptors (Lipinski definition) is 2. The number of rotatable bonds is 1. The van der Waals surface area contributed by atoms with Gasteiger partial charge in [0.15, 0.2) is 0 Å². The van der Waals surface area contributed by atoms with E-state index in [9.17, 15) is 10.2 Å². The molecule has 2 rings (SSSR count). The lowest BCUT2D eigenvalue weighted by Crippen LogP contribution is -2.26. The second-order valence-electron chi connectivity index (χ2n) is 4.65. The van der Waals surface area contributed by atoms with E-state index in [1.807, 2.05) is 18.2 Å². The Labute approximate surface area is 90.6 Å². The number of aromatic hydroxyl groups is 1. The van der Waals surface area contributed by atoms with Gasteiger partial charge in [-0.1, -0.05) is 25.1 Å². The molecule has 0 aliphatic heterocycles. The summed E-state index contributed by atoms with van der Waals surface area (Å²) < 4.78 is 0. The van der Waals surface area contributed by atoms with E-state index in [-0.39, 0.29) is 12.0 Å². The molecule has 3 unspecified atom stereocenters. The van der Waals surface area contributed by atoms with Crippen LogP contribution in [-0.4, -0.2) is 16.3 Å². The van der Waals surface area contributed by atoms with Gasteiger partial charge < -0.3 is 10.2 Å². The monoisotopic (exact) mass is 206 g/mol. The average molecular weight is 206 g/mol. The zero-order chi connectivity index (χ0) is 10.8. The van der Waals surface area contributed by atoms with Crippen molar-refractivity contribution < 1.29 is 10.2 Å². The van der Waals surface area contributed by atoms with Crippen molar-refractivity contribution in [3.63, 3.8) is 0 Å². The molecule has 0 aromatic heterocycles. The smallest absolute Gasteiger partial charge is 0.119 e. The first-order chi connectivity index (χ1) is 7.18. The second-order valence-corrected chi connectivity index (χ2v) is 4.65. The average Bonchev–Trinajstić information content (AvgIpc) is 2.20. The summed E-state index contributed by atoms with van der Waals surface area (Å²) in [5.74, 6) is 1.03. The fourth-order valence-corrected chi connectivity index (χ4v) is 2.51. The van der Waals surface area contributed by atoms with Crippen molar-refractivity contribution in [3.8, 4) is 5.75 Å². The zero-order valence-electron chi connectivity index (χ0n) is 9.06. The number of phenols is 1. The molecule has 15 heavy (non-hydrogen) atoms. The fraction of sp³-hybridized carbons (Fsp3) is 0.538. The summed E-state index contributed by atoms with van der Waals surface area (Å²) >= 11 is 0. The molecule has 0 bridgehead atoms. The molecule has 1 aliphatic carbocycles. The van der Waals surface area contributed by atoms with Crippen LogP contribution < -0.4 is 0 Å². The van der Waals surface area contributed by atoms with Crippen molar-refractivity contribution in [2.45, 2.75) is 38.2 Å². The first-order valence-electron chi connectivity index (χ1n) is 5.64. The predicted molar refractivity (Wildman–Crippen MR) is 59.9 cm³/mol. The van der Waals surface area contributed by atoms with Crippen molar-refractivity contribution in [1.29, 1.82) is 0 Å². The van der Waals surface area contributed by atoms with E-state index in [1.165, 1.54) is 0 Å². The number of benzene rings is 1. The minimum absolute atomic E-state index is 0.113. The van der Waals surface area contributed by atoms with Gasteiger partial charge in [0.05, 0.1) is 6.10 Å². The minimum Gasteiger partial charge on any atom is -0.508 e. The largest absolute Gasteiger partial charge is 0.508 e. The maximum Gasteiger partial charge on any atom is 0.119 e. The van der Waals surface area contributed by atoms with Crippen LogP contribution in [0.25, 0.3) is 0 Å². The summed E-state index contributed by atoms with van der Waals surface area (Å²) in [4.78, 5) is 0. The third-order valence-electron chi connectivity index (χ3n) is 3.42. The van der Waals surface area contributed by atoms with Crippen LogP contribution in [0, 0.1) is 5.92 Å². The van der Waals surface area contributed by atoms with E-state index in [4.69, 9.17) is 0 Å². The molecular weight excluding hydrogens is 188 g/mol. The van der Waals surface area contributed by atoms with E-state index in [2.05, 4.69) is 6.92 Å². The van der Waals surface area contributed by atoms with Crippen LogP contribution in [0.1, 0.15) is 37.7 Å². The minimum atomic E-state index is -0.304. The van der Waals surface area contributed by atoms with Gasteiger partial charge in [0.2, 0.25) is 0 Å². The third kappa shape index (κ3) is 2.15. The molecule has 0 amide bonds. The van der Waals surface area contributed by atoms with Crippen molar-refractivity contribution in [1.82, 2.24) is 0 Å². The van der Waals surface area contributed by atoms with Crippen LogP contribution in [0.2, 0.25) is 0 Å². The van der Waals surface area contributed by atoms with E-state index in [1.54, 1.807) is 6.07 Å². The van der Waals surface area contributed by atoms with Crippen molar-refractivity contribution in [2.24, 2.45) is 5.92 Å². The quantitative estimate of drug-likeness (QED) is 0.741. The standard InChI is InChI=1S/C13H18O2/c1-9-6-7-11(13(15)8-9)10-4-2-3-5-12(10)14/h2-5,9,11,13-15H,6-8H2,1H3. The molecule has 0 heterocycles. The van der Waals surface area contributed by atoms with Gasteiger partial charge in [-0.2, -0.15) is 0 Å². The molecule has 2 heteroatoms. The molecule has 2 nitrogen and oxygen atoms in total. The van der Waals surface area contributed by atoms with Gasteiger partial charge in [-0.15, -0.1) is 0 Å². The van der Waals surface area contributed by atoms with Gasteiger partial charge in [0, 0.05) is 5.92 Å². The molecule has 0 spiro atoms. The summed E-state index contributed by atoms with van der Waals surface area (Å²) in [5, 5.41) is 19.7. The summed E-state index contributed by atoms with van der Waals surface area (Å²) in [6, 6.07) is 7.34. The Kier molecular flexibility index (Phi) is 2.96. The SMILES string of the molecule is CC1CCC(c2ccccc2O)C(O)C1. The molecule has 3 atom stereocenters.